The fraction of sp³-hybridized carbons (Fsp3) is 0.400. The molecule has 3 atom stereocenters. The first-order valence-corrected chi connectivity index (χ1v) is 10.8. The highest BCUT2D eigenvalue weighted by Gasteiger charge is 2.34. The van der Waals surface area contributed by atoms with E-state index in [1.54, 1.807) is 19.2 Å². The Kier molecular flexibility index (Phi) is 6.18. The molecule has 2 N–H and O–H groups in total. The molecule has 0 bridgehead atoms. The van der Waals surface area contributed by atoms with Gasteiger partial charge in [0.1, 0.15) is 6.10 Å². The van der Waals surface area contributed by atoms with Crippen LogP contribution in [0.5, 0.6) is 11.5 Å². The van der Waals surface area contributed by atoms with Crippen molar-refractivity contribution in [3.63, 3.8) is 0 Å². The number of aromatic amines is 1. The smallest absolute Gasteiger partial charge is 0.335 e. The Labute approximate surface area is 182 Å². The van der Waals surface area contributed by atoms with Crippen LogP contribution in [0.4, 0.5) is 0 Å². The second kappa shape index (κ2) is 9.02. The van der Waals surface area contributed by atoms with E-state index in [-0.39, 0.29) is 23.7 Å². The summed E-state index contributed by atoms with van der Waals surface area (Å²) in [5.41, 5.74) is 3.50. The monoisotopic (exact) mass is 423 g/mol. The summed E-state index contributed by atoms with van der Waals surface area (Å²) in [7, 11) is 1.66. The molecule has 0 radical (unpaired) electrons. The predicted molar refractivity (Wildman–Crippen MR) is 119 cm³/mol. The third kappa shape index (κ3) is 4.26. The van der Waals surface area contributed by atoms with E-state index in [2.05, 4.69) is 4.98 Å². The summed E-state index contributed by atoms with van der Waals surface area (Å²) in [6.07, 6.45) is 4.61. The molecule has 4 rings (SSSR count). The van der Waals surface area contributed by atoms with Gasteiger partial charge in [0.2, 0.25) is 0 Å². The van der Waals surface area contributed by atoms with Gasteiger partial charge < -0.3 is 24.3 Å². The molecule has 31 heavy (non-hydrogen) atoms. The van der Waals surface area contributed by atoms with Crippen LogP contribution in [0.25, 0.3) is 10.9 Å². The molecule has 0 amide bonds. The maximum atomic E-state index is 11.3. The Bertz CT molecular complexity index is 1060. The number of H-pyrrole nitrogens is 1. The number of aromatic carboxylic acids is 1. The molecule has 3 aromatic rings. The zero-order chi connectivity index (χ0) is 22.0. The average Bonchev–Trinajstić information content (AvgIpc) is 3.27. The van der Waals surface area contributed by atoms with Gasteiger partial charge in [-0.15, -0.1) is 0 Å². The first-order chi connectivity index (χ1) is 15.0. The van der Waals surface area contributed by atoms with E-state index in [1.807, 2.05) is 44.3 Å². The molecule has 6 nitrogen and oxygen atoms in total. The van der Waals surface area contributed by atoms with Gasteiger partial charge in [-0.1, -0.05) is 12.1 Å². The molecule has 0 unspecified atom stereocenters. The summed E-state index contributed by atoms with van der Waals surface area (Å²) in [5.74, 6) is 0.635. The van der Waals surface area contributed by atoms with Crippen molar-refractivity contribution in [2.24, 2.45) is 0 Å². The summed E-state index contributed by atoms with van der Waals surface area (Å²) in [6.45, 7) is 4.74. The number of aryl methyl sites for hydroxylation is 1. The number of methoxy groups -OCH3 is 1. The third-order valence-electron chi connectivity index (χ3n) is 6.17. The van der Waals surface area contributed by atoms with Crippen LogP contribution in [0, 0.1) is 6.92 Å². The van der Waals surface area contributed by atoms with Gasteiger partial charge >= 0.3 is 5.97 Å². The zero-order valence-electron chi connectivity index (χ0n) is 18.2. The molecule has 164 valence electrons. The first kappa shape index (κ1) is 21.2. The molecule has 1 aliphatic carbocycles. The molecule has 6 heteroatoms. The van der Waals surface area contributed by atoms with Crippen LogP contribution in [0.1, 0.15) is 53.6 Å². The number of aromatic nitrogens is 1. The lowest BCUT2D eigenvalue weighted by Crippen LogP contribution is -2.35. The Morgan fingerprint density at radius 1 is 1.19 bits per heavy atom. The van der Waals surface area contributed by atoms with Crippen molar-refractivity contribution >= 4 is 16.9 Å². The largest absolute Gasteiger partial charge is 0.493 e. The highest BCUT2D eigenvalue weighted by atomic mass is 16.5. The van der Waals surface area contributed by atoms with Crippen molar-refractivity contribution in [1.29, 1.82) is 0 Å². The minimum atomic E-state index is -0.922. The zero-order valence-corrected chi connectivity index (χ0v) is 18.2. The molecule has 0 spiro atoms. The van der Waals surface area contributed by atoms with Gasteiger partial charge in [-0.25, -0.2) is 4.79 Å². The van der Waals surface area contributed by atoms with Crippen molar-refractivity contribution in [3.8, 4) is 11.5 Å². The van der Waals surface area contributed by atoms with Gasteiger partial charge in [-0.3, -0.25) is 0 Å². The van der Waals surface area contributed by atoms with E-state index in [0.717, 1.165) is 52.8 Å². The minimum Gasteiger partial charge on any atom is -0.493 e. The Hall–Kier alpha value is -2.99. The van der Waals surface area contributed by atoms with Gasteiger partial charge in [0, 0.05) is 24.1 Å². The quantitative estimate of drug-likeness (QED) is 0.539. The molecule has 1 aliphatic rings. The fourth-order valence-corrected chi connectivity index (χ4v) is 4.63. The van der Waals surface area contributed by atoms with Gasteiger partial charge in [0.15, 0.2) is 11.5 Å². The Morgan fingerprint density at radius 2 is 1.97 bits per heavy atom. The SMILES string of the molecule is CCO[C@@H]1CC[C@@H](Oc2c(OC)cc(C)c3[nH]ccc23)[C@@H](c2ccc(C(=O)O)cc2)C1. The number of nitrogens with one attached hydrogen (secondary N) is 1. The van der Waals surface area contributed by atoms with Crippen molar-refractivity contribution in [1.82, 2.24) is 4.98 Å². The van der Waals surface area contributed by atoms with Crippen LogP contribution in [-0.2, 0) is 4.74 Å². The Morgan fingerprint density at radius 3 is 2.65 bits per heavy atom. The summed E-state index contributed by atoms with van der Waals surface area (Å²) in [5, 5.41) is 10.2. The number of benzene rings is 2. The van der Waals surface area contributed by atoms with E-state index in [1.165, 1.54) is 0 Å². The van der Waals surface area contributed by atoms with Gasteiger partial charge in [0.05, 0.1) is 24.3 Å². The summed E-state index contributed by atoms with van der Waals surface area (Å²) < 4.78 is 18.3. The normalized spacial score (nSPS) is 21.2. The molecule has 1 heterocycles. The van der Waals surface area contributed by atoms with E-state index >= 15 is 0 Å². The average molecular weight is 424 g/mol. The van der Waals surface area contributed by atoms with E-state index in [9.17, 15) is 9.90 Å². The molecule has 2 aromatic carbocycles. The molecule has 0 saturated heterocycles. The Balaban J connectivity index is 1.69. The van der Waals surface area contributed by atoms with Crippen LogP contribution in [0.15, 0.2) is 42.6 Å². The van der Waals surface area contributed by atoms with Gasteiger partial charge in [-0.05, 0) is 68.5 Å². The molecular weight excluding hydrogens is 394 g/mol. The standard InChI is InChI=1S/C25H29NO5/c1-4-30-18-9-10-21(20(14-18)16-5-7-17(8-6-16)25(27)28)31-24-19-11-12-26-23(19)15(2)13-22(24)29-3/h5-8,11-13,18,20-21,26H,4,9-10,14H2,1-3H3,(H,27,28)/t18-,20-,21-/m1/s1. The molecule has 0 aliphatic heterocycles. The molecular formula is C25H29NO5. The lowest BCUT2D eigenvalue weighted by molar-refractivity contribution is -0.00249. The fourth-order valence-electron chi connectivity index (χ4n) is 4.63. The van der Waals surface area contributed by atoms with E-state index < -0.39 is 5.97 Å². The van der Waals surface area contributed by atoms with Crippen LogP contribution in [0.2, 0.25) is 0 Å². The highest BCUT2D eigenvalue weighted by molar-refractivity contribution is 5.91. The molecule has 1 aromatic heterocycles. The number of hydrogen-bond donors (Lipinski definition) is 2. The van der Waals surface area contributed by atoms with Crippen LogP contribution < -0.4 is 9.47 Å². The number of fused-ring (bicyclic) bond motifs is 1. The van der Waals surface area contributed by atoms with Crippen molar-refractivity contribution in [2.75, 3.05) is 13.7 Å². The predicted octanol–water partition coefficient (Wildman–Crippen LogP) is 5.30. The number of ether oxygens (including phenoxy) is 3. The number of carbonyl (C=O) groups is 1. The first-order valence-electron chi connectivity index (χ1n) is 10.8. The summed E-state index contributed by atoms with van der Waals surface area (Å²) in [4.78, 5) is 14.6. The second-order valence-electron chi connectivity index (χ2n) is 8.07. The number of carboxylic acid groups (broad SMARTS) is 1. The van der Waals surface area contributed by atoms with Crippen LogP contribution >= 0.6 is 0 Å². The van der Waals surface area contributed by atoms with Crippen molar-refractivity contribution < 1.29 is 24.1 Å². The molecule has 1 fully saturated rings. The summed E-state index contributed by atoms with van der Waals surface area (Å²) in [6, 6.07) is 11.1. The summed E-state index contributed by atoms with van der Waals surface area (Å²) >= 11 is 0. The molecule has 1 saturated carbocycles. The topological polar surface area (TPSA) is 80.8 Å². The maximum Gasteiger partial charge on any atom is 0.335 e. The van der Waals surface area contributed by atoms with Crippen molar-refractivity contribution in [2.45, 2.75) is 51.2 Å². The van der Waals surface area contributed by atoms with E-state index in [4.69, 9.17) is 14.2 Å². The van der Waals surface area contributed by atoms with Gasteiger partial charge in [0.25, 0.3) is 0 Å². The number of carboxylic acids is 1. The van der Waals surface area contributed by atoms with E-state index in [0.29, 0.717) is 6.61 Å². The number of rotatable bonds is 7. The highest BCUT2D eigenvalue weighted by Crippen LogP contribution is 2.43. The minimum absolute atomic E-state index is 0.0675. The lowest BCUT2D eigenvalue weighted by atomic mass is 9.79. The lowest BCUT2D eigenvalue weighted by Gasteiger charge is -2.36. The van der Waals surface area contributed by atoms with Crippen molar-refractivity contribution in [3.05, 3.63) is 59.3 Å². The van der Waals surface area contributed by atoms with Crippen LogP contribution in [0.3, 0.4) is 0 Å². The maximum absolute atomic E-state index is 11.3. The third-order valence-corrected chi connectivity index (χ3v) is 6.17. The number of hydrogen-bond acceptors (Lipinski definition) is 4. The second-order valence-corrected chi connectivity index (χ2v) is 8.07. The van der Waals surface area contributed by atoms with Gasteiger partial charge in [-0.2, -0.15) is 0 Å². The van der Waals surface area contributed by atoms with Crippen LogP contribution in [-0.4, -0.2) is 42.0 Å².